The second-order valence-corrected chi connectivity index (χ2v) is 9.84. The third-order valence-electron chi connectivity index (χ3n) is 7.19. The van der Waals surface area contributed by atoms with Gasteiger partial charge in [0.1, 0.15) is 12.0 Å². The summed E-state index contributed by atoms with van der Waals surface area (Å²) in [6.07, 6.45) is 6.19. The SMILES string of the molecule is Cc1cc(Nc2nccn3c(-c4ccc(OC(F)F)cc4)cnc23)ccc1C(O)NCC1CCN(C(=N)N)CC1. The summed E-state index contributed by atoms with van der Waals surface area (Å²) < 4.78 is 31.3. The van der Waals surface area contributed by atoms with Gasteiger partial charge in [-0.15, -0.1) is 0 Å². The van der Waals surface area contributed by atoms with Crippen LogP contribution >= 0.6 is 0 Å². The van der Waals surface area contributed by atoms with Crippen LogP contribution in [-0.2, 0) is 0 Å². The van der Waals surface area contributed by atoms with E-state index in [0.29, 0.717) is 23.9 Å². The van der Waals surface area contributed by atoms with Crippen LogP contribution in [-0.4, -0.2) is 56.6 Å². The number of guanidine groups is 1. The number of aliphatic hydroxyl groups is 1. The number of halogens is 2. The molecule has 1 unspecified atom stereocenters. The van der Waals surface area contributed by atoms with Crippen LogP contribution in [0.1, 0.15) is 30.2 Å². The lowest BCUT2D eigenvalue weighted by atomic mass is 9.96. The Labute approximate surface area is 230 Å². The first kappa shape index (κ1) is 27.3. The van der Waals surface area contributed by atoms with E-state index >= 15 is 0 Å². The number of aromatic nitrogens is 3. The molecule has 0 amide bonds. The molecule has 40 heavy (non-hydrogen) atoms. The third kappa shape index (κ3) is 6.13. The standard InChI is InChI=1S/C28H32F2N8O2/c1-17-14-20(4-7-22(17)26(39)35-15-18-8-11-37(12-9-18)28(31)32)36-24-25-34-16-23(38(25)13-10-33-24)19-2-5-21(6-3-19)40-27(29)30/h2-7,10,13-14,16,18,26-27,35,39H,8-9,11-12,15H2,1H3,(H3,31,32)(H,33,36). The topological polar surface area (TPSA) is 137 Å². The van der Waals surface area contributed by atoms with Gasteiger partial charge in [0.2, 0.25) is 0 Å². The molecule has 5 rings (SSSR count). The third-order valence-corrected chi connectivity index (χ3v) is 7.19. The first-order valence-corrected chi connectivity index (χ1v) is 13.0. The molecule has 12 heteroatoms. The number of aliphatic hydroxyl groups excluding tert-OH is 1. The van der Waals surface area contributed by atoms with E-state index in [1.165, 1.54) is 12.1 Å². The number of hydrogen-bond acceptors (Lipinski definition) is 7. The van der Waals surface area contributed by atoms with Gasteiger partial charge in [-0.2, -0.15) is 8.78 Å². The number of piperidine rings is 1. The Morgan fingerprint density at radius 1 is 1.18 bits per heavy atom. The van der Waals surface area contributed by atoms with Gasteiger partial charge in [-0.1, -0.05) is 6.07 Å². The van der Waals surface area contributed by atoms with E-state index in [0.717, 1.165) is 54.0 Å². The first-order valence-electron chi connectivity index (χ1n) is 13.0. The molecule has 1 saturated heterocycles. The van der Waals surface area contributed by atoms with Gasteiger partial charge in [0.15, 0.2) is 17.4 Å². The van der Waals surface area contributed by atoms with E-state index < -0.39 is 12.8 Å². The van der Waals surface area contributed by atoms with E-state index in [4.69, 9.17) is 11.1 Å². The van der Waals surface area contributed by atoms with Crippen LogP contribution < -0.4 is 21.1 Å². The summed E-state index contributed by atoms with van der Waals surface area (Å²) in [5.41, 5.74) is 10.2. The van der Waals surface area contributed by atoms with Crippen LogP contribution in [0, 0.1) is 18.3 Å². The summed E-state index contributed by atoms with van der Waals surface area (Å²) in [5, 5.41) is 24.9. The van der Waals surface area contributed by atoms with Crippen LogP contribution in [0.5, 0.6) is 5.75 Å². The molecule has 1 aliphatic rings. The predicted molar refractivity (Wildman–Crippen MR) is 149 cm³/mol. The molecule has 4 aromatic rings. The molecule has 1 atom stereocenters. The number of ether oxygens (including phenoxy) is 1. The van der Waals surface area contributed by atoms with E-state index in [9.17, 15) is 13.9 Å². The van der Waals surface area contributed by atoms with Gasteiger partial charge in [0, 0.05) is 43.3 Å². The Morgan fingerprint density at radius 3 is 2.60 bits per heavy atom. The lowest BCUT2D eigenvalue weighted by Crippen LogP contribution is -2.44. The highest BCUT2D eigenvalue weighted by atomic mass is 19.3. The van der Waals surface area contributed by atoms with Crippen molar-refractivity contribution in [2.75, 3.05) is 25.0 Å². The highest BCUT2D eigenvalue weighted by Gasteiger charge is 2.21. The molecule has 3 heterocycles. The molecule has 0 aliphatic carbocycles. The van der Waals surface area contributed by atoms with Gasteiger partial charge in [-0.3, -0.25) is 15.1 Å². The van der Waals surface area contributed by atoms with Crippen molar-refractivity contribution in [2.45, 2.75) is 32.6 Å². The van der Waals surface area contributed by atoms with E-state index in [-0.39, 0.29) is 11.7 Å². The van der Waals surface area contributed by atoms with Crippen molar-refractivity contribution < 1.29 is 18.6 Å². The predicted octanol–water partition coefficient (Wildman–Crippen LogP) is 4.24. The highest BCUT2D eigenvalue weighted by Crippen LogP contribution is 2.28. The molecule has 0 radical (unpaired) electrons. The molecule has 2 aromatic heterocycles. The number of imidazole rings is 1. The van der Waals surface area contributed by atoms with Crippen molar-refractivity contribution in [1.82, 2.24) is 24.6 Å². The largest absolute Gasteiger partial charge is 0.435 e. The van der Waals surface area contributed by atoms with Crippen LogP contribution in [0.3, 0.4) is 0 Å². The summed E-state index contributed by atoms with van der Waals surface area (Å²) in [6, 6.07) is 12.1. The number of fused-ring (bicyclic) bond motifs is 1. The number of anilines is 2. The Hall–Kier alpha value is -4.29. The fourth-order valence-corrected chi connectivity index (χ4v) is 4.99. The lowest BCUT2D eigenvalue weighted by molar-refractivity contribution is -0.0498. The summed E-state index contributed by atoms with van der Waals surface area (Å²) in [5.74, 6) is 1.17. The van der Waals surface area contributed by atoms with Gasteiger partial charge < -0.3 is 25.8 Å². The Bertz CT molecular complexity index is 1470. The minimum Gasteiger partial charge on any atom is -0.435 e. The smallest absolute Gasteiger partial charge is 0.387 e. The minimum absolute atomic E-state index is 0.0886. The molecule has 0 bridgehead atoms. The molecule has 1 aliphatic heterocycles. The Balaban J connectivity index is 1.25. The number of nitrogens with one attached hydrogen (secondary N) is 3. The van der Waals surface area contributed by atoms with Gasteiger partial charge in [-0.05, 0) is 73.2 Å². The number of hydrogen-bond donors (Lipinski definition) is 5. The second-order valence-electron chi connectivity index (χ2n) is 9.84. The van der Waals surface area contributed by atoms with Gasteiger partial charge >= 0.3 is 6.61 Å². The minimum atomic E-state index is -2.87. The number of rotatable bonds is 9. The monoisotopic (exact) mass is 550 g/mol. The second kappa shape index (κ2) is 11.8. The number of likely N-dealkylation sites (tertiary alicyclic amines) is 1. The normalized spacial score (nSPS) is 15.0. The van der Waals surface area contributed by atoms with E-state index in [1.807, 2.05) is 34.4 Å². The van der Waals surface area contributed by atoms with Crippen molar-refractivity contribution in [3.63, 3.8) is 0 Å². The Kier molecular flexibility index (Phi) is 8.08. The summed E-state index contributed by atoms with van der Waals surface area (Å²) in [4.78, 5) is 10.9. The summed E-state index contributed by atoms with van der Waals surface area (Å²) >= 11 is 0. The van der Waals surface area contributed by atoms with Crippen molar-refractivity contribution in [2.24, 2.45) is 11.7 Å². The van der Waals surface area contributed by atoms with E-state index in [1.54, 1.807) is 30.7 Å². The molecular formula is C28H32F2N8O2. The fraction of sp³-hybridized carbons (Fsp3) is 0.321. The average molecular weight is 551 g/mol. The molecule has 0 saturated carbocycles. The lowest BCUT2D eigenvalue weighted by Gasteiger charge is -2.32. The highest BCUT2D eigenvalue weighted by molar-refractivity contribution is 5.75. The molecular weight excluding hydrogens is 518 g/mol. The maximum Gasteiger partial charge on any atom is 0.387 e. The van der Waals surface area contributed by atoms with Crippen LogP contribution in [0.4, 0.5) is 20.3 Å². The molecule has 0 spiro atoms. The first-order chi connectivity index (χ1) is 19.3. The van der Waals surface area contributed by atoms with E-state index in [2.05, 4.69) is 25.3 Å². The zero-order valence-electron chi connectivity index (χ0n) is 22.0. The number of alkyl halides is 2. The quantitative estimate of drug-likeness (QED) is 0.119. The maximum absolute atomic E-state index is 12.5. The number of nitrogens with zero attached hydrogens (tertiary/aromatic N) is 4. The number of benzene rings is 2. The molecule has 2 aromatic carbocycles. The van der Waals surface area contributed by atoms with Crippen LogP contribution in [0.2, 0.25) is 0 Å². The zero-order chi connectivity index (χ0) is 28.2. The van der Waals surface area contributed by atoms with Crippen molar-refractivity contribution in [3.05, 3.63) is 72.2 Å². The number of nitrogens with two attached hydrogens (primary N) is 1. The van der Waals surface area contributed by atoms with Gasteiger partial charge in [0.05, 0.1) is 11.9 Å². The van der Waals surface area contributed by atoms with Crippen LogP contribution in [0.25, 0.3) is 16.9 Å². The summed E-state index contributed by atoms with van der Waals surface area (Å²) in [7, 11) is 0. The fourth-order valence-electron chi connectivity index (χ4n) is 4.99. The Morgan fingerprint density at radius 2 is 1.93 bits per heavy atom. The van der Waals surface area contributed by atoms with Crippen LogP contribution in [0.15, 0.2) is 61.1 Å². The van der Waals surface area contributed by atoms with Gasteiger partial charge in [-0.25, -0.2) is 9.97 Å². The van der Waals surface area contributed by atoms with Gasteiger partial charge in [0.25, 0.3) is 0 Å². The van der Waals surface area contributed by atoms with Crippen molar-refractivity contribution in [3.8, 4) is 17.0 Å². The zero-order valence-corrected chi connectivity index (χ0v) is 22.0. The molecule has 10 nitrogen and oxygen atoms in total. The molecule has 6 N–H and O–H groups in total. The molecule has 1 fully saturated rings. The average Bonchev–Trinajstić information content (AvgIpc) is 3.37. The molecule has 210 valence electrons. The summed E-state index contributed by atoms with van der Waals surface area (Å²) in [6.45, 7) is 1.28. The maximum atomic E-state index is 12.5. The number of aryl methyl sites for hydroxylation is 1. The van der Waals surface area contributed by atoms with Crippen molar-refractivity contribution in [1.29, 1.82) is 5.41 Å². The van der Waals surface area contributed by atoms with Crippen molar-refractivity contribution >= 4 is 23.1 Å².